The Kier molecular flexibility index (Phi) is 3.79. The molecule has 96 valence electrons. The molecule has 0 amide bonds. The Labute approximate surface area is 101 Å². The number of aliphatic hydroxyl groups is 1. The summed E-state index contributed by atoms with van der Waals surface area (Å²) in [4.78, 5) is 4.35. The van der Waals surface area contributed by atoms with Gasteiger partial charge >= 0.3 is 0 Å². The van der Waals surface area contributed by atoms with E-state index in [0.717, 1.165) is 0 Å². The van der Waals surface area contributed by atoms with Gasteiger partial charge in [-0.1, -0.05) is 12.1 Å². The highest BCUT2D eigenvalue weighted by Crippen LogP contribution is 2.42. The molecule has 0 saturated heterocycles. The normalized spacial score (nSPS) is 21.2. The van der Waals surface area contributed by atoms with Gasteiger partial charge in [0.25, 0.3) is 0 Å². The number of aromatic nitrogens is 2. The second kappa shape index (κ2) is 5.14. The van der Waals surface area contributed by atoms with Crippen molar-refractivity contribution in [1.29, 1.82) is 0 Å². The van der Waals surface area contributed by atoms with E-state index >= 15 is 0 Å². The molecule has 0 spiro atoms. The molecule has 17 heavy (non-hydrogen) atoms. The summed E-state index contributed by atoms with van der Waals surface area (Å²) in [5.74, 6) is 1.50. The minimum absolute atomic E-state index is 0.0429. The zero-order chi connectivity index (χ0) is 12.4. The first-order chi connectivity index (χ1) is 8.13. The van der Waals surface area contributed by atoms with Crippen molar-refractivity contribution in [3.8, 4) is 0 Å². The van der Waals surface area contributed by atoms with Crippen LogP contribution < -0.4 is 0 Å². The minimum Gasteiger partial charge on any atom is -0.393 e. The average molecular weight is 240 g/mol. The van der Waals surface area contributed by atoms with E-state index in [9.17, 15) is 5.11 Å². The summed E-state index contributed by atoms with van der Waals surface area (Å²) in [6.07, 6.45) is 1.80. The summed E-state index contributed by atoms with van der Waals surface area (Å²) in [5.41, 5.74) is 0. The predicted octanol–water partition coefficient (Wildman–Crippen LogP) is 2.04. The smallest absolute Gasteiger partial charge is 0.232 e. The first kappa shape index (κ1) is 12.5. The summed E-state index contributed by atoms with van der Waals surface area (Å²) >= 11 is 0. The van der Waals surface area contributed by atoms with Crippen LogP contribution in [0.25, 0.3) is 0 Å². The molecule has 3 atom stereocenters. The lowest BCUT2D eigenvalue weighted by molar-refractivity contribution is 0.0384. The van der Waals surface area contributed by atoms with Crippen LogP contribution >= 0.6 is 0 Å². The summed E-state index contributed by atoms with van der Waals surface area (Å²) in [7, 11) is 0. The molecule has 0 bridgehead atoms. The fraction of sp³-hybridized carbons (Fsp3) is 0.833. The van der Waals surface area contributed by atoms with Crippen molar-refractivity contribution in [2.75, 3.05) is 6.61 Å². The lowest BCUT2D eigenvalue weighted by atomic mass is 10.1. The van der Waals surface area contributed by atoms with Crippen LogP contribution in [0.2, 0.25) is 0 Å². The Hall–Kier alpha value is -0.940. The van der Waals surface area contributed by atoms with Crippen molar-refractivity contribution in [2.45, 2.75) is 51.7 Å². The number of nitrogens with zero attached hydrogens (tertiary/aromatic N) is 2. The van der Waals surface area contributed by atoms with E-state index in [1.54, 1.807) is 6.92 Å². The van der Waals surface area contributed by atoms with Crippen molar-refractivity contribution in [3.05, 3.63) is 11.7 Å². The monoisotopic (exact) mass is 240 g/mol. The number of rotatable bonds is 6. The molecule has 1 aromatic rings. The third-order valence-electron chi connectivity index (χ3n) is 3.22. The van der Waals surface area contributed by atoms with Gasteiger partial charge in [-0.15, -0.1) is 0 Å². The molecule has 5 heteroatoms. The van der Waals surface area contributed by atoms with E-state index in [0.29, 0.717) is 24.2 Å². The maximum absolute atomic E-state index is 9.49. The molecule has 1 N–H and O–H groups in total. The minimum atomic E-state index is -0.491. The van der Waals surface area contributed by atoms with Gasteiger partial charge in [-0.2, -0.15) is 4.98 Å². The first-order valence-corrected chi connectivity index (χ1v) is 6.26. The van der Waals surface area contributed by atoms with Crippen molar-refractivity contribution < 1.29 is 14.4 Å². The van der Waals surface area contributed by atoms with Gasteiger partial charge in [0.2, 0.25) is 11.7 Å². The maximum Gasteiger partial charge on any atom is 0.232 e. The molecular weight excluding hydrogens is 220 g/mol. The highest BCUT2D eigenvalue weighted by Gasteiger charge is 2.36. The largest absolute Gasteiger partial charge is 0.393 e. The van der Waals surface area contributed by atoms with E-state index in [2.05, 4.69) is 10.1 Å². The summed E-state index contributed by atoms with van der Waals surface area (Å²) in [5, 5.41) is 13.5. The zero-order valence-electron chi connectivity index (χ0n) is 10.6. The van der Waals surface area contributed by atoms with E-state index in [4.69, 9.17) is 9.26 Å². The lowest BCUT2D eigenvalue weighted by Gasteiger charge is -2.11. The SMILES string of the molecule is CCOC(c1noc(C(C)C(C)O)n1)C1CC1. The fourth-order valence-electron chi connectivity index (χ4n) is 1.75. The van der Waals surface area contributed by atoms with Gasteiger partial charge in [0.1, 0.15) is 6.10 Å². The fourth-order valence-corrected chi connectivity index (χ4v) is 1.75. The average Bonchev–Trinajstić information content (AvgIpc) is 3.02. The first-order valence-electron chi connectivity index (χ1n) is 6.26. The van der Waals surface area contributed by atoms with Gasteiger partial charge < -0.3 is 14.4 Å². The molecule has 5 nitrogen and oxygen atoms in total. The van der Waals surface area contributed by atoms with Crippen LogP contribution in [0.4, 0.5) is 0 Å². The Bertz CT molecular complexity index is 360. The maximum atomic E-state index is 9.49. The number of ether oxygens (including phenoxy) is 1. The third kappa shape index (κ3) is 2.84. The van der Waals surface area contributed by atoms with Gasteiger partial charge in [0, 0.05) is 6.61 Å². The van der Waals surface area contributed by atoms with Crippen LogP contribution in [-0.2, 0) is 4.74 Å². The molecule has 3 unspecified atom stereocenters. The van der Waals surface area contributed by atoms with E-state index in [-0.39, 0.29) is 12.0 Å². The molecule has 1 aliphatic rings. The second-order valence-electron chi connectivity index (χ2n) is 4.73. The van der Waals surface area contributed by atoms with Gasteiger partial charge in [0.05, 0.1) is 12.0 Å². The summed E-state index contributed by atoms with van der Waals surface area (Å²) in [6, 6.07) is 0. The number of aliphatic hydroxyl groups excluding tert-OH is 1. The quantitative estimate of drug-likeness (QED) is 0.824. The van der Waals surface area contributed by atoms with Crippen molar-refractivity contribution >= 4 is 0 Å². The van der Waals surface area contributed by atoms with Crippen LogP contribution in [0.5, 0.6) is 0 Å². The molecule has 1 aliphatic carbocycles. The molecule has 1 aromatic heterocycles. The van der Waals surface area contributed by atoms with Crippen LogP contribution in [0.15, 0.2) is 4.52 Å². The van der Waals surface area contributed by atoms with E-state index in [1.807, 2.05) is 13.8 Å². The number of hydrogen-bond acceptors (Lipinski definition) is 5. The van der Waals surface area contributed by atoms with Crippen molar-refractivity contribution in [2.24, 2.45) is 5.92 Å². The second-order valence-corrected chi connectivity index (χ2v) is 4.73. The van der Waals surface area contributed by atoms with Crippen LogP contribution in [0.1, 0.15) is 57.3 Å². The number of hydrogen-bond donors (Lipinski definition) is 1. The zero-order valence-corrected chi connectivity index (χ0v) is 10.6. The van der Waals surface area contributed by atoms with Crippen LogP contribution in [0.3, 0.4) is 0 Å². The predicted molar refractivity (Wildman–Crippen MR) is 61.5 cm³/mol. The van der Waals surface area contributed by atoms with Gasteiger partial charge in [0.15, 0.2) is 0 Å². The van der Waals surface area contributed by atoms with Gasteiger partial charge in [-0.25, -0.2) is 0 Å². The third-order valence-corrected chi connectivity index (χ3v) is 3.22. The molecule has 0 aliphatic heterocycles. The highest BCUT2D eigenvalue weighted by atomic mass is 16.5. The Morgan fingerprint density at radius 2 is 2.18 bits per heavy atom. The molecule has 0 radical (unpaired) electrons. The van der Waals surface area contributed by atoms with Crippen LogP contribution in [-0.4, -0.2) is 28.0 Å². The van der Waals surface area contributed by atoms with Gasteiger partial charge in [-0.3, -0.25) is 0 Å². The summed E-state index contributed by atoms with van der Waals surface area (Å²) < 4.78 is 10.8. The molecule has 0 aromatic carbocycles. The van der Waals surface area contributed by atoms with E-state index < -0.39 is 6.10 Å². The summed E-state index contributed by atoms with van der Waals surface area (Å²) in [6.45, 7) is 6.20. The Morgan fingerprint density at radius 1 is 1.47 bits per heavy atom. The van der Waals surface area contributed by atoms with Crippen LogP contribution in [0, 0.1) is 5.92 Å². The van der Waals surface area contributed by atoms with Crippen molar-refractivity contribution in [3.63, 3.8) is 0 Å². The highest BCUT2D eigenvalue weighted by molar-refractivity contribution is 5.01. The molecular formula is C12H20N2O3. The standard InChI is InChI=1S/C12H20N2O3/c1-4-16-10(9-5-6-9)11-13-12(17-14-11)7(2)8(3)15/h7-10,15H,4-6H2,1-3H3. The lowest BCUT2D eigenvalue weighted by Crippen LogP contribution is -2.12. The van der Waals surface area contributed by atoms with E-state index in [1.165, 1.54) is 12.8 Å². The molecule has 1 fully saturated rings. The van der Waals surface area contributed by atoms with Gasteiger partial charge in [-0.05, 0) is 32.6 Å². The van der Waals surface area contributed by atoms with Crippen molar-refractivity contribution in [1.82, 2.24) is 10.1 Å². The molecule has 2 rings (SSSR count). The topological polar surface area (TPSA) is 68.4 Å². The Morgan fingerprint density at radius 3 is 2.71 bits per heavy atom. The Balaban J connectivity index is 2.10. The molecule has 1 heterocycles. The molecule has 1 saturated carbocycles.